The molecule has 0 aromatic heterocycles. The molecule has 0 aliphatic rings. The summed E-state index contributed by atoms with van der Waals surface area (Å²) in [6, 6.07) is 4.37. The minimum atomic E-state index is -4.61. The molecule has 0 atom stereocenters. The minimum Gasteiger partial charge on any atom is -0.397 e. The van der Waals surface area contributed by atoms with Crippen molar-refractivity contribution in [2.75, 3.05) is 11.5 Å². The summed E-state index contributed by atoms with van der Waals surface area (Å²) in [6.45, 7) is 0. The van der Waals surface area contributed by atoms with Gasteiger partial charge >= 0.3 is 0 Å². The van der Waals surface area contributed by atoms with Crippen LogP contribution in [0, 0.1) is 0 Å². The maximum atomic E-state index is 11.2. The van der Waals surface area contributed by atoms with Gasteiger partial charge in [0, 0.05) is 5.39 Å². The van der Waals surface area contributed by atoms with Gasteiger partial charge in [0.1, 0.15) is 4.90 Å². The van der Waals surface area contributed by atoms with Crippen LogP contribution in [0.15, 0.2) is 34.1 Å². The summed E-state index contributed by atoms with van der Waals surface area (Å²) in [7, 11) is -9.06. The molecule has 0 aliphatic carbocycles. The molecule has 0 spiro atoms. The van der Waals surface area contributed by atoms with Gasteiger partial charge < -0.3 is 11.5 Å². The second-order valence-electron chi connectivity index (χ2n) is 4.04. The van der Waals surface area contributed by atoms with Crippen molar-refractivity contribution in [1.29, 1.82) is 0 Å². The number of benzene rings is 2. The lowest BCUT2D eigenvalue weighted by molar-refractivity contribution is 0.481. The summed E-state index contributed by atoms with van der Waals surface area (Å²) in [5, 5.41) is 0.391. The van der Waals surface area contributed by atoms with Crippen molar-refractivity contribution in [3.05, 3.63) is 24.3 Å². The van der Waals surface area contributed by atoms with Gasteiger partial charge in [-0.15, -0.1) is 0 Å². The number of rotatable bonds is 2. The van der Waals surface area contributed by atoms with E-state index in [1.165, 1.54) is 6.07 Å². The van der Waals surface area contributed by atoms with Crippen LogP contribution in [-0.4, -0.2) is 25.9 Å². The predicted molar refractivity (Wildman–Crippen MR) is 72.4 cm³/mol. The Bertz CT molecular complexity index is 918. The lowest BCUT2D eigenvalue weighted by atomic mass is 10.1. The van der Waals surface area contributed by atoms with Gasteiger partial charge in [0.05, 0.1) is 16.3 Å². The van der Waals surface area contributed by atoms with Crippen molar-refractivity contribution in [3.8, 4) is 0 Å². The van der Waals surface area contributed by atoms with Crippen LogP contribution in [-0.2, 0) is 20.2 Å². The summed E-state index contributed by atoms with van der Waals surface area (Å²) >= 11 is 0. The van der Waals surface area contributed by atoms with E-state index in [4.69, 9.17) is 20.6 Å². The summed E-state index contributed by atoms with van der Waals surface area (Å²) in [5.41, 5.74) is 10.7. The summed E-state index contributed by atoms with van der Waals surface area (Å²) < 4.78 is 62.5. The van der Waals surface area contributed by atoms with Crippen molar-refractivity contribution in [3.63, 3.8) is 0 Å². The molecule has 2 aromatic rings. The van der Waals surface area contributed by atoms with Gasteiger partial charge in [-0.25, -0.2) is 0 Å². The Morgan fingerprint density at radius 2 is 1.45 bits per heavy atom. The van der Waals surface area contributed by atoms with E-state index < -0.39 is 30.0 Å². The van der Waals surface area contributed by atoms with E-state index in [1.807, 2.05) is 0 Å². The summed E-state index contributed by atoms with van der Waals surface area (Å²) in [6.07, 6.45) is 0. The monoisotopic (exact) mass is 318 g/mol. The molecule has 0 heterocycles. The number of anilines is 2. The van der Waals surface area contributed by atoms with Gasteiger partial charge in [-0.3, -0.25) is 9.11 Å². The van der Waals surface area contributed by atoms with Crippen molar-refractivity contribution >= 4 is 42.4 Å². The highest BCUT2D eigenvalue weighted by Crippen LogP contribution is 2.34. The Kier molecular flexibility index (Phi) is 3.13. The van der Waals surface area contributed by atoms with E-state index in [9.17, 15) is 16.8 Å². The molecule has 0 saturated carbocycles. The highest BCUT2D eigenvalue weighted by Gasteiger charge is 2.19. The number of hydrogen-bond donors (Lipinski definition) is 4. The lowest BCUT2D eigenvalue weighted by Crippen LogP contribution is -2.07. The predicted octanol–water partition coefficient (Wildman–Crippen LogP) is 0.498. The highest BCUT2D eigenvalue weighted by molar-refractivity contribution is 7.86. The molecular weight excluding hydrogens is 308 g/mol. The third kappa shape index (κ3) is 2.41. The van der Waals surface area contributed by atoms with Gasteiger partial charge in [-0.1, -0.05) is 6.07 Å². The number of nitrogen functional groups attached to an aromatic ring is 2. The molecule has 0 bridgehead atoms. The lowest BCUT2D eigenvalue weighted by Gasteiger charge is -2.10. The molecule has 0 saturated heterocycles. The first-order valence-corrected chi connectivity index (χ1v) is 7.96. The number of hydrogen-bond acceptors (Lipinski definition) is 6. The Hall–Kier alpha value is -1.88. The van der Waals surface area contributed by atoms with E-state index in [2.05, 4.69) is 0 Å². The second kappa shape index (κ2) is 4.31. The zero-order valence-corrected chi connectivity index (χ0v) is 11.4. The standard InChI is InChI=1S/C10H10N2O6S2/c11-9-7-2-1-6(19(13,14)15)3-5(7)4-8(10(9)12)20(16,17)18/h1-4H,11-12H2,(H,13,14,15)(H,16,17,18). The largest absolute Gasteiger partial charge is 0.397 e. The van der Waals surface area contributed by atoms with Crippen molar-refractivity contribution in [2.45, 2.75) is 9.79 Å². The number of fused-ring (bicyclic) bond motifs is 1. The molecule has 10 heteroatoms. The minimum absolute atomic E-state index is 0.0967. The van der Waals surface area contributed by atoms with Gasteiger partial charge in [0.2, 0.25) is 0 Å². The van der Waals surface area contributed by atoms with Crippen LogP contribution in [0.25, 0.3) is 10.8 Å². The first-order valence-electron chi connectivity index (χ1n) is 5.08. The molecular formula is C10H10N2O6S2. The molecule has 0 fully saturated rings. The van der Waals surface area contributed by atoms with Crippen LogP contribution in [0.4, 0.5) is 11.4 Å². The molecule has 0 radical (unpaired) electrons. The van der Waals surface area contributed by atoms with E-state index in [0.29, 0.717) is 5.39 Å². The Balaban J connectivity index is 2.94. The molecule has 0 aliphatic heterocycles. The van der Waals surface area contributed by atoms with Crippen LogP contribution in [0.1, 0.15) is 0 Å². The van der Waals surface area contributed by atoms with Crippen LogP contribution in [0.3, 0.4) is 0 Å². The zero-order valence-electron chi connectivity index (χ0n) is 9.81. The first kappa shape index (κ1) is 14.5. The summed E-state index contributed by atoms with van der Waals surface area (Å²) in [5.74, 6) is 0. The highest BCUT2D eigenvalue weighted by atomic mass is 32.2. The summed E-state index contributed by atoms with van der Waals surface area (Å²) in [4.78, 5) is -1.06. The molecule has 20 heavy (non-hydrogen) atoms. The van der Waals surface area contributed by atoms with E-state index in [0.717, 1.165) is 18.2 Å². The van der Waals surface area contributed by atoms with Crippen molar-refractivity contribution in [1.82, 2.24) is 0 Å². The van der Waals surface area contributed by atoms with Crippen molar-refractivity contribution < 1.29 is 25.9 Å². The van der Waals surface area contributed by atoms with Gasteiger partial charge in [-0.2, -0.15) is 16.8 Å². The average Bonchev–Trinajstić information content (AvgIpc) is 2.30. The zero-order chi connectivity index (χ0) is 15.3. The second-order valence-corrected chi connectivity index (χ2v) is 6.85. The van der Waals surface area contributed by atoms with Crippen LogP contribution in [0.2, 0.25) is 0 Å². The fraction of sp³-hybridized carbons (Fsp3) is 0. The molecule has 108 valence electrons. The molecule has 2 rings (SSSR count). The Labute approximate surface area is 114 Å². The first-order chi connectivity index (χ1) is 9.01. The Morgan fingerprint density at radius 1 is 0.850 bits per heavy atom. The fourth-order valence-electron chi connectivity index (χ4n) is 1.78. The SMILES string of the molecule is Nc1c(S(=O)(=O)O)cc2cc(S(=O)(=O)O)ccc2c1N. The quantitative estimate of drug-likeness (QED) is 0.459. The third-order valence-corrected chi connectivity index (χ3v) is 4.47. The molecule has 8 nitrogen and oxygen atoms in total. The van der Waals surface area contributed by atoms with E-state index in [-0.39, 0.29) is 16.8 Å². The fourth-order valence-corrected chi connectivity index (χ4v) is 2.96. The normalized spacial score (nSPS) is 12.7. The maximum Gasteiger partial charge on any atom is 0.296 e. The third-order valence-electron chi connectivity index (χ3n) is 2.73. The van der Waals surface area contributed by atoms with Crippen LogP contribution < -0.4 is 11.5 Å². The maximum absolute atomic E-state index is 11.2. The van der Waals surface area contributed by atoms with Crippen molar-refractivity contribution in [2.24, 2.45) is 0 Å². The molecule has 6 N–H and O–H groups in total. The Morgan fingerprint density at radius 3 is 1.95 bits per heavy atom. The average molecular weight is 318 g/mol. The van der Waals surface area contributed by atoms with Gasteiger partial charge in [-0.05, 0) is 23.6 Å². The molecule has 2 aromatic carbocycles. The topological polar surface area (TPSA) is 161 Å². The van der Waals surface area contributed by atoms with Crippen LogP contribution >= 0.6 is 0 Å². The van der Waals surface area contributed by atoms with Crippen LogP contribution in [0.5, 0.6) is 0 Å². The smallest absolute Gasteiger partial charge is 0.296 e. The van der Waals surface area contributed by atoms with Gasteiger partial charge in [0.15, 0.2) is 0 Å². The van der Waals surface area contributed by atoms with E-state index in [1.54, 1.807) is 0 Å². The molecule has 0 unspecified atom stereocenters. The van der Waals surface area contributed by atoms with E-state index >= 15 is 0 Å². The molecule has 0 amide bonds. The number of nitrogens with two attached hydrogens (primary N) is 2. The van der Waals surface area contributed by atoms with Gasteiger partial charge in [0.25, 0.3) is 20.2 Å².